The van der Waals surface area contributed by atoms with Crippen LogP contribution in [0.5, 0.6) is 0 Å². The number of hydrogen-bond donors (Lipinski definition) is 1. The molecule has 4 rings (SSSR count). The van der Waals surface area contributed by atoms with Crippen molar-refractivity contribution in [3.05, 3.63) is 70.2 Å². The van der Waals surface area contributed by atoms with Gasteiger partial charge in [-0.25, -0.2) is 9.48 Å². The molecule has 0 saturated carbocycles. The number of rotatable bonds is 4. The average Bonchev–Trinajstić information content (AvgIpc) is 3.30. The Balaban J connectivity index is 1.82. The van der Waals surface area contributed by atoms with Crippen molar-refractivity contribution in [2.75, 3.05) is 6.54 Å². The van der Waals surface area contributed by atoms with Gasteiger partial charge in [0.05, 0.1) is 11.8 Å². The number of amides is 1. The van der Waals surface area contributed by atoms with Crippen molar-refractivity contribution in [1.29, 1.82) is 0 Å². The lowest BCUT2D eigenvalue weighted by atomic mass is 10.0. The van der Waals surface area contributed by atoms with Crippen LogP contribution in [0.25, 0.3) is 0 Å². The van der Waals surface area contributed by atoms with E-state index < -0.39 is 6.04 Å². The molecule has 0 fully saturated rings. The number of aromatic amines is 1. The zero-order chi connectivity index (χ0) is 19.0. The van der Waals surface area contributed by atoms with E-state index in [9.17, 15) is 9.59 Å². The highest BCUT2D eigenvalue weighted by molar-refractivity contribution is 5.94. The molecule has 3 aromatic rings. The molecule has 8 nitrogen and oxygen atoms in total. The summed E-state index contributed by atoms with van der Waals surface area (Å²) >= 11 is 0. The number of aromatic nitrogens is 5. The molecule has 1 aliphatic heterocycles. The van der Waals surface area contributed by atoms with Crippen LogP contribution in [0.1, 0.15) is 41.6 Å². The number of hydrogen-bond acceptors (Lipinski definition) is 4. The number of carbonyl (C=O) groups is 1. The van der Waals surface area contributed by atoms with Gasteiger partial charge in [-0.15, -0.1) is 0 Å². The van der Waals surface area contributed by atoms with Crippen molar-refractivity contribution >= 4 is 5.91 Å². The smallest absolute Gasteiger partial charge is 0.322 e. The quantitative estimate of drug-likeness (QED) is 0.761. The molecule has 1 amide bonds. The Morgan fingerprint density at radius 2 is 2.04 bits per heavy atom. The van der Waals surface area contributed by atoms with Crippen LogP contribution in [0.2, 0.25) is 0 Å². The zero-order valence-corrected chi connectivity index (χ0v) is 15.4. The molecule has 1 N–H and O–H groups in total. The van der Waals surface area contributed by atoms with E-state index in [0.717, 1.165) is 5.56 Å². The second-order valence-electron chi connectivity index (χ2n) is 7.17. The van der Waals surface area contributed by atoms with Gasteiger partial charge in [0, 0.05) is 25.8 Å². The Hall–Kier alpha value is -3.16. The van der Waals surface area contributed by atoms with Crippen LogP contribution in [-0.2, 0) is 13.1 Å². The lowest BCUT2D eigenvalue weighted by Gasteiger charge is -2.35. The van der Waals surface area contributed by atoms with Crippen molar-refractivity contribution in [1.82, 2.24) is 29.4 Å². The summed E-state index contributed by atoms with van der Waals surface area (Å²) in [6.45, 7) is 5.52. The first-order valence-corrected chi connectivity index (χ1v) is 9.08. The molecule has 1 aromatic carbocycles. The molecule has 1 aliphatic rings. The summed E-state index contributed by atoms with van der Waals surface area (Å²) in [6, 6.07) is 9.29. The number of nitrogens with one attached hydrogen (secondary N) is 1. The summed E-state index contributed by atoms with van der Waals surface area (Å²) in [5, 5.41) is 11.2. The highest BCUT2D eigenvalue weighted by Gasteiger charge is 2.36. The van der Waals surface area contributed by atoms with Gasteiger partial charge in [-0.1, -0.05) is 44.2 Å². The van der Waals surface area contributed by atoms with E-state index in [1.807, 2.05) is 44.2 Å². The van der Waals surface area contributed by atoms with Crippen molar-refractivity contribution in [3.63, 3.8) is 0 Å². The zero-order valence-electron chi connectivity index (χ0n) is 15.4. The number of benzene rings is 1. The van der Waals surface area contributed by atoms with Gasteiger partial charge in [0.2, 0.25) is 0 Å². The number of fused-ring (bicyclic) bond motifs is 1. The van der Waals surface area contributed by atoms with Crippen molar-refractivity contribution in [3.8, 4) is 0 Å². The lowest BCUT2D eigenvalue weighted by molar-refractivity contribution is 0.0657. The Morgan fingerprint density at radius 1 is 1.26 bits per heavy atom. The van der Waals surface area contributed by atoms with E-state index in [0.29, 0.717) is 36.9 Å². The van der Waals surface area contributed by atoms with Crippen LogP contribution < -0.4 is 5.69 Å². The Morgan fingerprint density at radius 3 is 2.70 bits per heavy atom. The fourth-order valence-corrected chi connectivity index (χ4v) is 3.53. The second kappa shape index (κ2) is 6.86. The van der Waals surface area contributed by atoms with Gasteiger partial charge < -0.3 is 4.90 Å². The van der Waals surface area contributed by atoms with Crippen molar-refractivity contribution in [2.45, 2.75) is 33.0 Å². The summed E-state index contributed by atoms with van der Waals surface area (Å²) in [4.78, 5) is 27.6. The van der Waals surface area contributed by atoms with Gasteiger partial charge in [0.1, 0.15) is 6.04 Å². The molecule has 0 spiro atoms. The number of carbonyl (C=O) groups excluding carboxylic acids is 1. The van der Waals surface area contributed by atoms with E-state index in [2.05, 4.69) is 15.3 Å². The predicted molar refractivity (Wildman–Crippen MR) is 99.2 cm³/mol. The summed E-state index contributed by atoms with van der Waals surface area (Å²) in [7, 11) is 0. The van der Waals surface area contributed by atoms with Gasteiger partial charge in [0.25, 0.3) is 5.91 Å². The largest absolute Gasteiger partial charge is 0.346 e. The maximum Gasteiger partial charge on any atom is 0.346 e. The first-order chi connectivity index (χ1) is 13.1. The number of nitrogens with zero attached hydrogens (tertiary/aromatic N) is 5. The molecule has 0 aliphatic carbocycles. The summed E-state index contributed by atoms with van der Waals surface area (Å²) in [6.07, 6.45) is 3.10. The van der Waals surface area contributed by atoms with E-state index in [1.54, 1.807) is 15.7 Å². The lowest BCUT2D eigenvalue weighted by Crippen LogP contribution is -2.44. The molecule has 3 heterocycles. The maximum absolute atomic E-state index is 13.1. The van der Waals surface area contributed by atoms with Crippen LogP contribution in [0.3, 0.4) is 0 Å². The third kappa shape index (κ3) is 3.07. The van der Waals surface area contributed by atoms with Gasteiger partial charge in [-0.05, 0) is 11.5 Å². The molecule has 2 aromatic heterocycles. The molecule has 27 heavy (non-hydrogen) atoms. The van der Waals surface area contributed by atoms with Crippen LogP contribution in [0.15, 0.2) is 47.5 Å². The molecular formula is C19H22N6O2. The average molecular weight is 366 g/mol. The minimum atomic E-state index is -0.413. The van der Waals surface area contributed by atoms with Gasteiger partial charge in [-0.3, -0.25) is 14.5 Å². The molecule has 0 bridgehead atoms. The highest BCUT2D eigenvalue weighted by Crippen LogP contribution is 2.31. The second-order valence-corrected chi connectivity index (χ2v) is 7.17. The Bertz CT molecular complexity index is 987. The van der Waals surface area contributed by atoms with Crippen molar-refractivity contribution in [2.24, 2.45) is 5.92 Å². The van der Waals surface area contributed by atoms with Gasteiger partial charge in [0.15, 0.2) is 5.82 Å². The monoisotopic (exact) mass is 366 g/mol. The van der Waals surface area contributed by atoms with E-state index >= 15 is 0 Å². The normalized spacial score (nSPS) is 16.6. The van der Waals surface area contributed by atoms with Gasteiger partial charge in [-0.2, -0.15) is 10.2 Å². The summed E-state index contributed by atoms with van der Waals surface area (Å²) < 4.78 is 3.21. The molecule has 0 radical (unpaired) electrons. The fourth-order valence-electron chi connectivity index (χ4n) is 3.53. The van der Waals surface area contributed by atoms with Crippen molar-refractivity contribution < 1.29 is 4.79 Å². The fraction of sp³-hybridized carbons (Fsp3) is 0.368. The van der Waals surface area contributed by atoms with E-state index in [1.165, 1.54) is 10.9 Å². The third-order valence-electron chi connectivity index (χ3n) is 4.73. The van der Waals surface area contributed by atoms with Crippen LogP contribution in [0.4, 0.5) is 0 Å². The minimum Gasteiger partial charge on any atom is -0.322 e. The van der Waals surface area contributed by atoms with Crippen LogP contribution in [-0.4, -0.2) is 41.9 Å². The predicted octanol–water partition coefficient (Wildman–Crippen LogP) is 1.67. The topological polar surface area (TPSA) is 88.8 Å². The first kappa shape index (κ1) is 17.3. The maximum atomic E-state index is 13.1. The van der Waals surface area contributed by atoms with E-state index in [-0.39, 0.29) is 11.6 Å². The molecule has 8 heteroatoms. The molecule has 1 atom stereocenters. The number of H-pyrrole nitrogens is 1. The molecule has 0 saturated heterocycles. The molecule has 1 unspecified atom stereocenters. The Labute approximate surface area is 156 Å². The van der Waals surface area contributed by atoms with Crippen LogP contribution in [0, 0.1) is 5.92 Å². The van der Waals surface area contributed by atoms with E-state index in [4.69, 9.17) is 0 Å². The third-order valence-corrected chi connectivity index (χ3v) is 4.73. The van der Waals surface area contributed by atoms with Crippen LogP contribution >= 0.6 is 0 Å². The SMILES string of the molecule is CC(C)Cn1nc2n(c1=O)CCN(C(=O)c1cn[nH]c1)C2c1ccccc1. The summed E-state index contributed by atoms with van der Waals surface area (Å²) in [5.74, 6) is 0.781. The van der Waals surface area contributed by atoms with Gasteiger partial charge >= 0.3 is 5.69 Å². The minimum absolute atomic E-state index is 0.116. The highest BCUT2D eigenvalue weighted by atomic mass is 16.2. The first-order valence-electron chi connectivity index (χ1n) is 9.08. The summed E-state index contributed by atoms with van der Waals surface area (Å²) in [5.41, 5.74) is 1.31. The molecular weight excluding hydrogens is 344 g/mol. The molecule has 140 valence electrons. The standard InChI is InChI=1S/C19H22N6O2/c1-13(2)12-25-19(27)24-9-8-23(18(26)15-10-20-21-11-15)16(17(24)22-25)14-6-4-3-5-7-14/h3-7,10-11,13,16H,8-9,12H2,1-2H3,(H,20,21). The Kier molecular flexibility index (Phi) is 4.39.